The molecule has 0 radical (unpaired) electrons. The van der Waals surface area contributed by atoms with E-state index >= 15 is 0 Å². The van der Waals surface area contributed by atoms with Crippen LogP contribution < -0.4 is 10.6 Å². The van der Waals surface area contributed by atoms with E-state index < -0.39 is 17.5 Å². The van der Waals surface area contributed by atoms with E-state index in [2.05, 4.69) is 36.3 Å². The van der Waals surface area contributed by atoms with E-state index in [1.54, 1.807) is 23.8 Å². The topological polar surface area (TPSA) is 102 Å². The van der Waals surface area contributed by atoms with Gasteiger partial charge in [0.2, 0.25) is 23.6 Å². The van der Waals surface area contributed by atoms with Gasteiger partial charge in [-0.3, -0.25) is 24.1 Å². The molecule has 9 nitrogen and oxygen atoms in total. The van der Waals surface area contributed by atoms with Gasteiger partial charge in [-0.2, -0.15) is 0 Å². The van der Waals surface area contributed by atoms with Crippen molar-refractivity contribution >= 4 is 23.6 Å². The van der Waals surface area contributed by atoms with Crippen LogP contribution in [0.4, 0.5) is 0 Å². The Morgan fingerprint density at radius 2 is 1.37 bits per heavy atom. The average molecular weight is 644 g/mol. The van der Waals surface area contributed by atoms with Gasteiger partial charge in [0.15, 0.2) is 0 Å². The lowest BCUT2D eigenvalue weighted by Gasteiger charge is -2.41. The number of amides is 4. The molecule has 0 spiro atoms. The van der Waals surface area contributed by atoms with Crippen LogP contribution in [0.3, 0.4) is 0 Å². The smallest absolute Gasteiger partial charge is 0.249 e. The molecule has 2 unspecified atom stereocenters. The maximum absolute atomic E-state index is 14.2. The second-order valence-electron chi connectivity index (χ2n) is 16.0. The van der Waals surface area contributed by atoms with Gasteiger partial charge in [-0.05, 0) is 90.0 Å². The first-order valence-electron chi connectivity index (χ1n) is 18.2. The Hall–Kier alpha value is -2.42. The number of nitrogens with one attached hydrogen (secondary N) is 2. The predicted molar refractivity (Wildman–Crippen MR) is 185 cm³/mol. The molecule has 1 saturated carbocycles. The highest BCUT2D eigenvalue weighted by atomic mass is 16.2. The second-order valence-corrected chi connectivity index (χ2v) is 16.0. The molecule has 2 saturated heterocycles. The number of carbonyl (C=O) groups excluding carboxylic acids is 4. The van der Waals surface area contributed by atoms with Gasteiger partial charge in [-0.1, -0.05) is 66.4 Å². The third kappa shape index (κ3) is 9.57. The summed E-state index contributed by atoms with van der Waals surface area (Å²) in [5, 5.41) is 6.39. The minimum absolute atomic E-state index is 0.0248. The standard InChI is InChI=1S/C37H65N5O4/c1-24(2)31(40(10)36(46)32(37(7,8)9)39-34(44)29-19-14-15-21-41(29)25(3)4)23-26(5)35(45)42-22-16-20-30(42)33(43)38-27(6)28-17-12-11-13-18-28/h23-25,27-32H,11-22H2,1-10H3,(H,38,43)(H,39,44)/b26-23+/t27-,29-,30?,31-,32?/m1/s1. The third-order valence-corrected chi connectivity index (χ3v) is 10.7. The first-order valence-corrected chi connectivity index (χ1v) is 18.2. The van der Waals surface area contributed by atoms with Crippen molar-refractivity contribution in [3.63, 3.8) is 0 Å². The van der Waals surface area contributed by atoms with Gasteiger partial charge in [0.25, 0.3) is 0 Å². The van der Waals surface area contributed by atoms with Gasteiger partial charge in [0, 0.05) is 31.2 Å². The quantitative estimate of drug-likeness (QED) is 0.298. The summed E-state index contributed by atoms with van der Waals surface area (Å²) in [5.41, 5.74) is 0.0174. The van der Waals surface area contributed by atoms with Crippen LogP contribution in [0, 0.1) is 17.3 Å². The van der Waals surface area contributed by atoms with Crippen molar-refractivity contribution in [1.29, 1.82) is 0 Å². The van der Waals surface area contributed by atoms with E-state index in [0.717, 1.165) is 45.1 Å². The Kier molecular flexibility index (Phi) is 13.7. The minimum Gasteiger partial charge on any atom is -0.352 e. The van der Waals surface area contributed by atoms with Crippen molar-refractivity contribution in [2.24, 2.45) is 17.3 Å². The van der Waals surface area contributed by atoms with E-state index in [0.29, 0.717) is 24.5 Å². The van der Waals surface area contributed by atoms with Crippen molar-refractivity contribution in [3.05, 3.63) is 11.6 Å². The van der Waals surface area contributed by atoms with Gasteiger partial charge < -0.3 is 20.4 Å². The molecule has 2 N–H and O–H groups in total. The number of likely N-dealkylation sites (tertiary alicyclic amines) is 2. The minimum atomic E-state index is -0.718. The number of hydrogen-bond donors (Lipinski definition) is 2. The molecule has 3 rings (SSSR count). The van der Waals surface area contributed by atoms with E-state index in [4.69, 9.17) is 0 Å². The maximum Gasteiger partial charge on any atom is 0.249 e. The molecular formula is C37H65N5O4. The second kappa shape index (κ2) is 16.6. The highest BCUT2D eigenvalue weighted by Crippen LogP contribution is 2.29. The zero-order valence-electron chi connectivity index (χ0n) is 30.7. The van der Waals surface area contributed by atoms with Crippen molar-refractivity contribution < 1.29 is 19.2 Å². The Morgan fingerprint density at radius 3 is 1.96 bits per heavy atom. The van der Waals surface area contributed by atoms with Crippen molar-refractivity contribution in [1.82, 2.24) is 25.3 Å². The van der Waals surface area contributed by atoms with Crippen LogP contribution in [-0.4, -0.2) is 94.7 Å². The zero-order valence-corrected chi connectivity index (χ0v) is 30.7. The normalized spacial score (nSPS) is 24.1. The number of carbonyl (C=O) groups is 4. The molecule has 46 heavy (non-hydrogen) atoms. The summed E-state index contributed by atoms with van der Waals surface area (Å²) in [6, 6.07) is -1.43. The Balaban J connectivity index is 1.74. The maximum atomic E-state index is 14.2. The molecule has 0 aromatic heterocycles. The van der Waals surface area contributed by atoms with Gasteiger partial charge in [0.1, 0.15) is 12.1 Å². The molecule has 4 amide bonds. The largest absolute Gasteiger partial charge is 0.352 e. The molecule has 2 aliphatic heterocycles. The highest BCUT2D eigenvalue weighted by Gasteiger charge is 2.41. The molecule has 5 atom stereocenters. The summed E-state index contributed by atoms with van der Waals surface area (Å²) in [6.45, 7) is 19.6. The van der Waals surface area contributed by atoms with Crippen molar-refractivity contribution in [2.45, 2.75) is 163 Å². The number of piperidine rings is 1. The van der Waals surface area contributed by atoms with Crippen LogP contribution in [0.25, 0.3) is 0 Å². The van der Waals surface area contributed by atoms with Gasteiger partial charge in [-0.25, -0.2) is 0 Å². The fourth-order valence-electron chi connectivity index (χ4n) is 7.75. The lowest BCUT2D eigenvalue weighted by Crippen LogP contribution is -2.60. The zero-order chi connectivity index (χ0) is 34.3. The molecular weight excluding hydrogens is 578 g/mol. The van der Waals surface area contributed by atoms with Crippen LogP contribution in [0.1, 0.15) is 127 Å². The molecule has 3 aliphatic rings. The summed E-state index contributed by atoms with van der Waals surface area (Å²) >= 11 is 0. The molecule has 0 bridgehead atoms. The fourth-order valence-corrected chi connectivity index (χ4v) is 7.75. The first kappa shape index (κ1) is 38.0. The van der Waals surface area contributed by atoms with Crippen LogP contribution in [-0.2, 0) is 19.2 Å². The Labute approximate surface area is 279 Å². The number of rotatable bonds is 11. The first-order chi connectivity index (χ1) is 21.5. The SMILES string of the molecule is C/C(=C\[C@H](C(C)C)N(C)C(=O)C(NC(=O)[C@H]1CCCCN1C(C)C)C(C)(C)C)C(=O)N1CCCC1C(=O)N[C@H](C)C1CCCCC1. The molecule has 1 aliphatic carbocycles. The summed E-state index contributed by atoms with van der Waals surface area (Å²) < 4.78 is 0. The Bertz CT molecular complexity index is 1090. The molecule has 2 heterocycles. The van der Waals surface area contributed by atoms with Crippen LogP contribution in [0.5, 0.6) is 0 Å². The molecule has 0 aromatic rings. The van der Waals surface area contributed by atoms with Gasteiger partial charge in [-0.15, -0.1) is 0 Å². The van der Waals surface area contributed by atoms with Crippen LogP contribution in [0.15, 0.2) is 11.6 Å². The lowest BCUT2D eigenvalue weighted by atomic mass is 9.84. The van der Waals surface area contributed by atoms with E-state index in [-0.39, 0.29) is 53.7 Å². The Morgan fingerprint density at radius 1 is 0.783 bits per heavy atom. The summed E-state index contributed by atoms with van der Waals surface area (Å²) in [4.78, 5) is 60.7. The number of likely N-dealkylation sites (N-methyl/N-ethyl adjacent to an activating group) is 1. The molecule has 9 heteroatoms. The third-order valence-electron chi connectivity index (χ3n) is 10.7. The van der Waals surface area contributed by atoms with Gasteiger partial charge in [0.05, 0.1) is 12.1 Å². The molecule has 0 aromatic carbocycles. The van der Waals surface area contributed by atoms with Crippen LogP contribution in [0.2, 0.25) is 0 Å². The summed E-state index contributed by atoms with van der Waals surface area (Å²) in [7, 11) is 1.77. The lowest BCUT2D eigenvalue weighted by molar-refractivity contribution is -0.142. The molecule has 3 fully saturated rings. The van der Waals surface area contributed by atoms with Crippen molar-refractivity contribution in [3.8, 4) is 0 Å². The summed E-state index contributed by atoms with van der Waals surface area (Å²) in [5.74, 6) is 0.0656. The average Bonchev–Trinajstić information content (AvgIpc) is 3.51. The van der Waals surface area contributed by atoms with Crippen molar-refractivity contribution in [2.75, 3.05) is 20.1 Å². The van der Waals surface area contributed by atoms with E-state index in [1.165, 1.54) is 19.3 Å². The van der Waals surface area contributed by atoms with E-state index in [9.17, 15) is 19.2 Å². The van der Waals surface area contributed by atoms with Gasteiger partial charge >= 0.3 is 0 Å². The highest BCUT2D eigenvalue weighted by molar-refractivity contribution is 5.97. The predicted octanol–water partition coefficient (Wildman–Crippen LogP) is 5.29. The fraction of sp³-hybridized carbons (Fsp3) is 0.838. The number of nitrogens with zero attached hydrogens (tertiary/aromatic N) is 3. The number of hydrogen-bond acceptors (Lipinski definition) is 5. The monoisotopic (exact) mass is 644 g/mol. The van der Waals surface area contributed by atoms with E-state index in [1.807, 2.05) is 40.7 Å². The van der Waals surface area contributed by atoms with Crippen LogP contribution >= 0.6 is 0 Å². The summed E-state index contributed by atoms with van der Waals surface area (Å²) in [6.07, 6.45) is 12.2. The molecule has 262 valence electrons.